The highest BCUT2D eigenvalue weighted by Gasteiger charge is 2.06. The standard InChI is InChI=1S/C16H13FN2S2/c17-12-4-2-6-14(8-12)20-10-16-19-15(9-21-16)11-3-1-5-13(18)7-11/h1-9H,10,18H2. The Bertz CT molecular complexity index is 755. The van der Waals surface area contributed by atoms with Crippen LogP contribution < -0.4 is 5.73 Å². The van der Waals surface area contributed by atoms with E-state index in [1.807, 2.05) is 35.7 Å². The molecule has 0 aliphatic carbocycles. The largest absolute Gasteiger partial charge is 0.399 e. The van der Waals surface area contributed by atoms with Gasteiger partial charge in [-0.3, -0.25) is 0 Å². The van der Waals surface area contributed by atoms with Gasteiger partial charge in [-0.25, -0.2) is 9.37 Å². The van der Waals surface area contributed by atoms with Gasteiger partial charge in [0.2, 0.25) is 0 Å². The lowest BCUT2D eigenvalue weighted by Crippen LogP contribution is -1.86. The maximum absolute atomic E-state index is 13.1. The van der Waals surface area contributed by atoms with Crippen molar-refractivity contribution in [1.82, 2.24) is 4.98 Å². The van der Waals surface area contributed by atoms with E-state index in [1.165, 1.54) is 12.1 Å². The van der Waals surface area contributed by atoms with E-state index in [4.69, 9.17) is 5.73 Å². The van der Waals surface area contributed by atoms with E-state index < -0.39 is 0 Å². The minimum atomic E-state index is -0.209. The van der Waals surface area contributed by atoms with Crippen LogP contribution in [0.4, 0.5) is 10.1 Å². The monoisotopic (exact) mass is 316 g/mol. The maximum atomic E-state index is 13.1. The van der Waals surface area contributed by atoms with Crippen molar-refractivity contribution in [3.05, 3.63) is 64.7 Å². The van der Waals surface area contributed by atoms with Crippen molar-refractivity contribution in [1.29, 1.82) is 0 Å². The first-order valence-electron chi connectivity index (χ1n) is 6.39. The van der Waals surface area contributed by atoms with Crippen LogP contribution in [0.2, 0.25) is 0 Å². The average molecular weight is 316 g/mol. The topological polar surface area (TPSA) is 38.9 Å². The summed E-state index contributed by atoms with van der Waals surface area (Å²) in [5.41, 5.74) is 8.47. The van der Waals surface area contributed by atoms with E-state index in [0.29, 0.717) is 0 Å². The van der Waals surface area contributed by atoms with Crippen LogP contribution in [0, 0.1) is 5.82 Å². The molecule has 1 aromatic heterocycles. The molecule has 5 heteroatoms. The highest BCUT2D eigenvalue weighted by atomic mass is 32.2. The van der Waals surface area contributed by atoms with Crippen LogP contribution in [0.15, 0.2) is 58.8 Å². The predicted octanol–water partition coefficient (Wildman–Crippen LogP) is 4.82. The zero-order valence-corrected chi connectivity index (χ0v) is 12.8. The molecule has 0 amide bonds. The van der Waals surface area contributed by atoms with Crippen molar-refractivity contribution in [2.75, 3.05) is 5.73 Å². The van der Waals surface area contributed by atoms with Crippen LogP contribution >= 0.6 is 23.1 Å². The van der Waals surface area contributed by atoms with Crippen molar-refractivity contribution < 1.29 is 4.39 Å². The van der Waals surface area contributed by atoms with E-state index in [1.54, 1.807) is 29.2 Å². The molecule has 21 heavy (non-hydrogen) atoms. The number of nitrogens with two attached hydrogens (primary N) is 1. The Morgan fingerprint density at radius 1 is 1.14 bits per heavy atom. The minimum Gasteiger partial charge on any atom is -0.399 e. The molecule has 1 heterocycles. The second-order valence-electron chi connectivity index (χ2n) is 4.50. The van der Waals surface area contributed by atoms with Crippen molar-refractivity contribution in [3.63, 3.8) is 0 Å². The van der Waals surface area contributed by atoms with Gasteiger partial charge < -0.3 is 5.73 Å². The van der Waals surface area contributed by atoms with Gasteiger partial charge in [-0.15, -0.1) is 23.1 Å². The third kappa shape index (κ3) is 3.62. The average Bonchev–Trinajstić information content (AvgIpc) is 2.94. The van der Waals surface area contributed by atoms with Gasteiger partial charge in [-0.1, -0.05) is 18.2 Å². The summed E-state index contributed by atoms with van der Waals surface area (Å²) in [5.74, 6) is 0.524. The van der Waals surface area contributed by atoms with Crippen molar-refractivity contribution in [2.45, 2.75) is 10.6 Å². The molecule has 0 saturated carbocycles. The third-order valence-electron chi connectivity index (χ3n) is 2.89. The maximum Gasteiger partial charge on any atom is 0.124 e. The van der Waals surface area contributed by atoms with Gasteiger partial charge in [0.25, 0.3) is 0 Å². The van der Waals surface area contributed by atoms with E-state index in [9.17, 15) is 4.39 Å². The highest BCUT2D eigenvalue weighted by molar-refractivity contribution is 7.98. The van der Waals surface area contributed by atoms with Crippen LogP contribution in [-0.2, 0) is 5.75 Å². The van der Waals surface area contributed by atoms with Crippen LogP contribution in [-0.4, -0.2) is 4.98 Å². The quantitative estimate of drug-likeness (QED) is 0.554. The number of thioether (sulfide) groups is 1. The van der Waals surface area contributed by atoms with Gasteiger partial charge in [-0.2, -0.15) is 0 Å². The van der Waals surface area contributed by atoms with Gasteiger partial charge in [0, 0.05) is 21.5 Å². The Kier molecular flexibility index (Phi) is 4.22. The Labute approximate surface area is 130 Å². The zero-order chi connectivity index (χ0) is 14.7. The number of thiazole rings is 1. The van der Waals surface area contributed by atoms with Crippen LogP contribution in [0.3, 0.4) is 0 Å². The van der Waals surface area contributed by atoms with E-state index in [0.717, 1.165) is 32.6 Å². The Morgan fingerprint density at radius 3 is 2.81 bits per heavy atom. The number of hydrogen-bond acceptors (Lipinski definition) is 4. The first kappa shape index (κ1) is 14.1. The molecular weight excluding hydrogens is 303 g/mol. The summed E-state index contributed by atoms with van der Waals surface area (Å²) in [6, 6.07) is 14.3. The molecule has 106 valence electrons. The molecule has 0 unspecified atom stereocenters. The Morgan fingerprint density at radius 2 is 2.00 bits per heavy atom. The molecule has 0 atom stereocenters. The summed E-state index contributed by atoms with van der Waals surface area (Å²) < 4.78 is 13.1. The molecule has 0 fully saturated rings. The smallest absolute Gasteiger partial charge is 0.124 e. The summed E-state index contributed by atoms with van der Waals surface area (Å²) in [4.78, 5) is 5.52. The minimum absolute atomic E-state index is 0.209. The molecule has 0 spiro atoms. The molecule has 0 radical (unpaired) electrons. The fourth-order valence-electron chi connectivity index (χ4n) is 1.91. The van der Waals surface area contributed by atoms with E-state index >= 15 is 0 Å². The number of halogens is 1. The van der Waals surface area contributed by atoms with Gasteiger partial charge >= 0.3 is 0 Å². The summed E-state index contributed by atoms with van der Waals surface area (Å²) in [7, 11) is 0. The molecule has 0 saturated heterocycles. The number of benzene rings is 2. The predicted molar refractivity (Wildman–Crippen MR) is 87.9 cm³/mol. The number of rotatable bonds is 4. The zero-order valence-electron chi connectivity index (χ0n) is 11.1. The number of aromatic nitrogens is 1. The molecular formula is C16H13FN2S2. The third-order valence-corrected chi connectivity index (χ3v) is 4.93. The summed E-state index contributed by atoms with van der Waals surface area (Å²) in [5, 5.41) is 3.04. The normalized spacial score (nSPS) is 10.7. The van der Waals surface area contributed by atoms with E-state index in [-0.39, 0.29) is 5.82 Å². The first-order valence-corrected chi connectivity index (χ1v) is 8.26. The lowest BCUT2D eigenvalue weighted by atomic mass is 10.1. The molecule has 2 N–H and O–H groups in total. The fraction of sp³-hybridized carbons (Fsp3) is 0.0625. The molecule has 2 nitrogen and oxygen atoms in total. The van der Waals surface area contributed by atoms with Crippen LogP contribution in [0.5, 0.6) is 0 Å². The fourth-order valence-corrected chi connectivity index (χ4v) is 3.67. The Balaban J connectivity index is 1.71. The number of nitrogen functional groups attached to an aromatic ring is 1. The van der Waals surface area contributed by atoms with E-state index in [2.05, 4.69) is 4.98 Å². The highest BCUT2D eigenvalue weighted by Crippen LogP contribution is 2.28. The van der Waals surface area contributed by atoms with Crippen molar-refractivity contribution in [3.8, 4) is 11.3 Å². The second kappa shape index (κ2) is 6.28. The lowest BCUT2D eigenvalue weighted by Gasteiger charge is -2.00. The number of nitrogens with zero attached hydrogens (tertiary/aromatic N) is 1. The van der Waals surface area contributed by atoms with Gasteiger partial charge in [0.1, 0.15) is 10.8 Å². The number of hydrogen-bond donors (Lipinski definition) is 1. The van der Waals surface area contributed by atoms with Gasteiger partial charge in [-0.05, 0) is 30.3 Å². The second-order valence-corrected chi connectivity index (χ2v) is 6.49. The SMILES string of the molecule is Nc1cccc(-c2csc(CSc3cccc(F)c3)n2)c1. The summed E-state index contributed by atoms with van der Waals surface area (Å²) in [6.07, 6.45) is 0. The molecule has 3 aromatic rings. The van der Waals surface area contributed by atoms with Crippen molar-refractivity contribution in [2.24, 2.45) is 0 Å². The lowest BCUT2D eigenvalue weighted by molar-refractivity contribution is 0.624. The molecule has 2 aromatic carbocycles. The van der Waals surface area contributed by atoms with Gasteiger partial charge in [0.05, 0.1) is 11.4 Å². The van der Waals surface area contributed by atoms with Crippen LogP contribution in [0.1, 0.15) is 5.01 Å². The molecule has 3 rings (SSSR count). The summed E-state index contributed by atoms with van der Waals surface area (Å²) in [6.45, 7) is 0. The van der Waals surface area contributed by atoms with Crippen molar-refractivity contribution >= 4 is 28.8 Å². The summed E-state index contributed by atoms with van der Waals surface area (Å²) >= 11 is 3.19. The molecule has 0 aliphatic heterocycles. The molecule has 0 bridgehead atoms. The van der Waals surface area contributed by atoms with Gasteiger partial charge in [0.15, 0.2) is 0 Å². The number of anilines is 1. The van der Waals surface area contributed by atoms with Crippen LogP contribution in [0.25, 0.3) is 11.3 Å². The first-order chi connectivity index (χ1) is 10.2. The molecule has 0 aliphatic rings. The Hall–Kier alpha value is -1.85.